The van der Waals surface area contributed by atoms with Crippen molar-refractivity contribution >= 4 is 11.9 Å². The van der Waals surface area contributed by atoms with E-state index in [9.17, 15) is 9.59 Å². The average Bonchev–Trinajstić information content (AvgIpc) is 3.49. The first-order valence-electron chi connectivity index (χ1n) is 9.11. The molecule has 2 N–H and O–H groups in total. The standard InChI is InChI=1S/C21H21NO5/c23-20(22-7-6-13-2-1-3-15(10-13)21(24)25)17-12-16(17)14-4-5-18-19(11-14)27-9-8-26-18/h1-5,10-11,16-17H,6-9,12H2,(H,22,23)(H,24,25). The number of ether oxygens (including phenoxy) is 2. The number of nitrogens with one attached hydrogen (secondary N) is 1. The van der Waals surface area contributed by atoms with Crippen LogP contribution >= 0.6 is 0 Å². The van der Waals surface area contributed by atoms with Gasteiger partial charge in [-0.25, -0.2) is 4.79 Å². The first-order chi connectivity index (χ1) is 13.1. The predicted octanol–water partition coefficient (Wildman–Crippen LogP) is 2.62. The number of carboxylic acids is 1. The molecule has 0 saturated heterocycles. The summed E-state index contributed by atoms with van der Waals surface area (Å²) < 4.78 is 11.1. The topological polar surface area (TPSA) is 84.9 Å². The van der Waals surface area contributed by atoms with Gasteiger partial charge in [0.15, 0.2) is 11.5 Å². The maximum atomic E-state index is 12.4. The smallest absolute Gasteiger partial charge is 0.335 e. The lowest BCUT2D eigenvalue weighted by Crippen LogP contribution is -2.27. The first-order valence-corrected chi connectivity index (χ1v) is 9.11. The Kier molecular flexibility index (Phi) is 4.71. The van der Waals surface area contributed by atoms with Crippen LogP contribution in [-0.2, 0) is 11.2 Å². The van der Waals surface area contributed by atoms with Crippen molar-refractivity contribution in [2.75, 3.05) is 19.8 Å². The molecule has 4 rings (SSSR count). The molecule has 2 atom stereocenters. The molecule has 1 heterocycles. The van der Waals surface area contributed by atoms with Crippen molar-refractivity contribution in [3.05, 3.63) is 59.2 Å². The van der Waals surface area contributed by atoms with Crippen LogP contribution in [0.15, 0.2) is 42.5 Å². The van der Waals surface area contributed by atoms with Gasteiger partial charge in [0.2, 0.25) is 5.91 Å². The summed E-state index contributed by atoms with van der Waals surface area (Å²) in [6, 6.07) is 12.7. The van der Waals surface area contributed by atoms with E-state index in [1.165, 1.54) is 0 Å². The van der Waals surface area contributed by atoms with Crippen LogP contribution in [0.4, 0.5) is 0 Å². The molecule has 140 valence electrons. The minimum Gasteiger partial charge on any atom is -0.486 e. The van der Waals surface area contributed by atoms with Gasteiger partial charge in [-0.15, -0.1) is 0 Å². The highest BCUT2D eigenvalue weighted by atomic mass is 16.6. The van der Waals surface area contributed by atoms with Crippen molar-refractivity contribution in [3.8, 4) is 11.5 Å². The number of aromatic carboxylic acids is 1. The Bertz CT molecular complexity index is 879. The number of carbonyl (C=O) groups excluding carboxylic acids is 1. The summed E-state index contributed by atoms with van der Waals surface area (Å²) in [6.07, 6.45) is 1.44. The number of hydrogen-bond acceptors (Lipinski definition) is 4. The van der Waals surface area contributed by atoms with E-state index in [1.807, 2.05) is 24.3 Å². The Balaban J connectivity index is 1.29. The van der Waals surface area contributed by atoms with Crippen molar-refractivity contribution in [1.82, 2.24) is 5.32 Å². The van der Waals surface area contributed by atoms with Gasteiger partial charge in [0.05, 0.1) is 5.56 Å². The Morgan fingerprint density at radius 1 is 1.07 bits per heavy atom. The molecular formula is C21H21NO5. The van der Waals surface area contributed by atoms with Crippen LogP contribution in [0, 0.1) is 5.92 Å². The molecule has 1 aliphatic heterocycles. The zero-order chi connectivity index (χ0) is 18.8. The van der Waals surface area contributed by atoms with E-state index in [0.717, 1.165) is 29.0 Å². The normalized spacial score (nSPS) is 20.0. The van der Waals surface area contributed by atoms with E-state index in [-0.39, 0.29) is 23.3 Å². The number of fused-ring (bicyclic) bond motifs is 1. The van der Waals surface area contributed by atoms with Gasteiger partial charge in [-0.1, -0.05) is 18.2 Å². The van der Waals surface area contributed by atoms with E-state index in [4.69, 9.17) is 14.6 Å². The zero-order valence-corrected chi connectivity index (χ0v) is 14.8. The molecule has 27 heavy (non-hydrogen) atoms. The second kappa shape index (κ2) is 7.31. The fourth-order valence-electron chi connectivity index (χ4n) is 3.46. The van der Waals surface area contributed by atoms with Crippen LogP contribution in [0.2, 0.25) is 0 Å². The van der Waals surface area contributed by atoms with Gasteiger partial charge in [0.1, 0.15) is 13.2 Å². The van der Waals surface area contributed by atoms with Gasteiger partial charge in [-0.05, 0) is 54.2 Å². The van der Waals surface area contributed by atoms with E-state index in [1.54, 1.807) is 18.2 Å². The van der Waals surface area contributed by atoms with Crippen LogP contribution < -0.4 is 14.8 Å². The average molecular weight is 367 g/mol. The van der Waals surface area contributed by atoms with Crippen LogP contribution in [0.25, 0.3) is 0 Å². The maximum absolute atomic E-state index is 12.4. The summed E-state index contributed by atoms with van der Waals surface area (Å²) in [4.78, 5) is 23.4. The van der Waals surface area contributed by atoms with E-state index in [0.29, 0.717) is 26.2 Å². The summed E-state index contributed by atoms with van der Waals surface area (Å²) in [6.45, 7) is 1.61. The molecule has 6 heteroatoms. The Labute approximate surface area is 157 Å². The van der Waals surface area contributed by atoms with Crippen molar-refractivity contribution in [1.29, 1.82) is 0 Å². The van der Waals surface area contributed by atoms with Gasteiger partial charge >= 0.3 is 5.97 Å². The third-order valence-corrected chi connectivity index (χ3v) is 5.01. The van der Waals surface area contributed by atoms with Gasteiger partial charge in [-0.3, -0.25) is 4.79 Å². The molecule has 0 bridgehead atoms. The molecule has 1 amide bonds. The lowest BCUT2D eigenvalue weighted by atomic mass is 10.1. The molecule has 0 spiro atoms. The number of carboxylic acid groups (broad SMARTS) is 1. The van der Waals surface area contributed by atoms with Gasteiger partial charge < -0.3 is 19.9 Å². The summed E-state index contributed by atoms with van der Waals surface area (Å²) in [7, 11) is 0. The molecule has 0 aromatic heterocycles. The third-order valence-electron chi connectivity index (χ3n) is 5.01. The van der Waals surface area contributed by atoms with Crippen LogP contribution in [-0.4, -0.2) is 36.7 Å². The van der Waals surface area contributed by atoms with E-state index >= 15 is 0 Å². The minimum absolute atomic E-state index is 0.0158. The Hall–Kier alpha value is -3.02. The second-order valence-electron chi connectivity index (χ2n) is 6.90. The SMILES string of the molecule is O=C(O)c1cccc(CCNC(=O)C2CC2c2ccc3c(c2)OCCO3)c1. The summed E-state index contributed by atoms with van der Waals surface area (Å²) >= 11 is 0. The summed E-state index contributed by atoms with van der Waals surface area (Å²) in [5, 5.41) is 12.0. The zero-order valence-electron chi connectivity index (χ0n) is 14.8. The highest BCUT2D eigenvalue weighted by molar-refractivity contribution is 5.87. The Morgan fingerprint density at radius 3 is 2.70 bits per heavy atom. The van der Waals surface area contributed by atoms with Crippen molar-refractivity contribution in [2.45, 2.75) is 18.8 Å². The van der Waals surface area contributed by atoms with Gasteiger partial charge in [0.25, 0.3) is 0 Å². The molecule has 2 aromatic rings. The molecule has 1 fully saturated rings. The number of benzene rings is 2. The van der Waals surface area contributed by atoms with Gasteiger partial charge in [0, 0.05) is 12.5 Å². The molecule has 2 aromatic carbocycles. The lowest BCUT2D eigenvalue weighted by Gasteiger charge is -2.18. The maximum Gasteiger partial charge on any atom is 0.335 e. The van der Waals surface area contributed by atoms with Crippen LogP contribution in [0.3, 0.4) is 0 Å². The number of carbonyl (C=O) groups is 2. The number of amides is 1. The largest absolute Gasteiger partial charge is 0.486 e. The van der Waals surface area contributed by atoms with E-state index < -0.39 is 5.97 Å². The Morgan fingerprint density at radius 2 is 1.89 bits per heavy atom. The molecule has 6 nitrogen and oxygen atoms in total. The first kappa shape index (κ1) is 17.4. The monoisotopic (exact) mass is 367 g/mol. The molecular weight excluding hydrogens is 346 g/mol. The summed E-state index contributed by atoms with van der Waals surface area (Å²) in [5.41, 5.74) is 2.27. The molecule has 2 unspecified atom stereocenters. The van der Waals surface area contributed by atoms with E-state index in [2.05, 4.69) is 5.32 Å². The van der Waals surface area contributed by atoms with Crippen molar-refractivity contribution in [3.63, 3.8) is 0 Å². The predicted molar refractivity (Wildman–Crippen MR) is 98.4 cm³/mol. The summed E-state index contributed by atoms with van der Waals surface area (Å²) in [5.74, 6) is 0.817. The second-order valence-corrected chi connectivity index (χ2v) is 6.90. The number of hydrogen-bond donors (Lipinski definition) is 2. The van der Waals surface area contributed by atoms with Crippen LogP contribution in [0.5, 0.6) is 11.5 Å². The highest BCUT2D eigenvalue weighted by Gasteiger charge is 2.44. The molecule has 1 aliphatic carbocycles. The fourth-order valence-corrected chi connectivity index (χ4v) is 3.46. The van der Waals surface area contributed by atoms with Crippen molar-refractivity contribution in [2.24, 2.45) is 5.92 Å². The van der Waals surface area contributed by atoms with Crippen molar-refractivity contribution < 1.29 is 24.2 Å². The van der Waals surface area contributed by atoms with Crippen LogP contribution in [0.1, 0.15) is 33.8 Å². The van der Waals surface area contributed by atoms with Gasteiger partial charge in [-0.2, -0.15) is 0 Å². The lowest BCUT2D eigenvalue weighted by molar-refractivity contribution is -0.122. The minimum atomic E-state index is -0.943. The molecule has 0 radical (unpaired) electrons. The number of rotatable bonds is 6. The fraction of sp³-hybridized carbons (Fsp3) is 0.333. The molecule has 1 saturated carbocycles. The highest BCUT2D eigenvalue weighted by Crippen LogP contribution is 2.49. The third kappa shape index (κ3) is 3.89. The molecule has 2 aliphatic rings. The quantitative estimate of drug-likeness (QED) is 0.820.